The molecular formula is C18H17NO2S. The number of benzene rings is 2. The molecule has 4 heteroatoms. The minimum absolute atomic E-state index is 0.441. The molecule has 112 valence electrons. The molecule has 0 N–H and O–H groups in total. The van der Waals surface area contributed by atoms with Gasteiger partial charge in [-0.3, -0.25) is 0 Å². The number of sulfone groups is 1. The number of fused-ring (bicyclic) bond motifs is 1. The fourth-order valence-corrected chi connectivity index (χ4v) is 5.26. The van der Waals surface area contributed by atoms with E-state index in [0.29, 0.717) is 9.80 Å². The molecule has 0 saturated carbocycles. The molecule has 2 aliphatic heterocycles. The second-order valence-electron chi connectivity index (χ2n) is 5.74. The van der Waals surface area contributed by atoms with E-state index in [2.05, 4.69) is 4.90 Å². The van der Waals surface area contributed by atoms with Crippen molar-refractivity contribution in [2.45, 2.75) is 17.7 Å². The Balaban J connectivity index is 2.03. The molecule has 2 heterocycles. The Morgan fingerprint density at radius 3 is 2.18 bits per heavy atom. The molecule has 4 rings (SSSR count). The zero-order valence-corrected chi connectivity index (χ0v) is 13.0. The highest BCUT2D eigenvalue weighted by molar-refractivity contribution is 8.01. The van der Waals surface area contributed by atoms with E-state index in [-0.39, 0.29) is 0 Å². The molecule has 0 unspecified atom stereocenters. The quantitative estimate of drug-likeness (QED) is 0.853. The maximum absolute atomic E-state index is 13.1. The highest BCUT2D eigenvalue weighted by Gasteiger charge is 2.39. The first-order valence-electron chi connectivity index (χ1n) is 7.59. The van der Waals surface area contributed by atoms with Crippen LogP contribution in [0.1, 0.15) is 24.0 Å². The van der Waals surface area contributed by atoms with Crippen LogP contribution in [0.5, 0.6) is 0 Å². The van der Waals surface area contributed by atoms with Crippen LogP contribution in [0, 0.1) is 0 Å². The predicted octanol–water partition coefficient (Wildman–Crippen LogP) is 3.40. The van der Waals surface area contributed by atoms with Crippen molar-refractivity contribution in [2.75, 3.05) is 13.1 Å². The van der Waals surface area contributed by atoms with Crippen molar-refractivity contribution in [2.24, 2.45) is 0 Å². The van der Waals surface area contributed by atoms with Crippen LogP contribution in [0.4, 0.5) is 0 Å². The van der Waals surface area contributed by atoms with Crippen LogP contribution in [0.15, 0.2) is 59.5 Å². The zero-order chi connectivity index (χ0) is 15.2. The van der Waals surface area contributed by atoms with Gasteiger partial charge in [0.2, 0.25) is 9.84 Å². The van der Waals surface area contributed by atoms with E-state index in [1.807, 2.05) is 42.5 Å². The van der Waals surface area contributed by atoms with Crippen LogP contribution in [0.3, 0.4) is 0 Å². The smallest absolute Gasteiger partial charge is 0.209 e. The Morgan fingerprint density at radius 1 is 0.818 bits per heavy atom. The topological polar surface area (TPSA) is 37.4 Å². The third kappa shape index (κ3) is 1.91. The van der Waals surface area contributed by atoms with Crippen LogP contribution in [-0.4, -0.2) is 26.4 Å². The number of hydrogen-bond donors (Lipinski definition) is 0. The number of likely N-dealkylation sites (tertiary alicyclic amines) is 1. The average Bonchev–Trinajstić information content (AvgIpc) is 3.13. The van der Waals surface area contributed by atoms with Gasteiger partial charge < -0.3 is 4.90 Å². The molecule has 0 aromatic heterocycles. The molecular weight excluding hydrogens is 294 g/mol. The fourth-order valence-electron chi connectivity index (χ4n) is 3.39. The van der Waals surface area contributed by atoms with E-state index < -0.39 is 9.84 Å². The minimum atomic E-state index is -3.45. The molecule has 22 heavy (non-hydrogen) atoms. The summed E-state index contributed by atoms with van der Waals surface area (Å²) in [6, 6.07) is 16.8. The molecule has 0 spiro atoms. The Hall–Kier alpha value is -2.07. The van der Waals surface area contributed by atoms with Crippen molar-refractivity contribution in [1.82, 2.24) is 4.90 Å². The van der Waals surface area contributed by atoms with Crippen molar-refractivity contribution < 1.29 is 8.42 Å². The van der Waals surface area contributed by atoms with Crippen LogP contribution in [0.2, 0.25) is 0 Å². The van der Waals surface area contributed by atoms with Crippen LogP contribution in [0.25, 0.3) is 10.6 Å². The van der Waals surface area contributed by atoms with Gasteiger partial charge in [-0.1, -0.05) is 48.5 Å². The molecule has 1 fully saturated rings. The van der Waals surface area contributed by atoms with Crippen molar-refractivity contribution in [1.29, 1.82) is 0 Å². The molecule has 0 atom stereocenters. The van der Waals surface area contributed by atoms with E-state index >= 15 is 0 Å². The summed E-state index contributed by atoms with van der Waals surface area (Å²) >= 11 is 0. The lowest BCUT2D eigenvalue weighted by molar-refractivity contribution is 0.494. The van der Waals surface area contributed by atoms with Crippen molar-refractivity contribution >= 4 is 20.4 Å². The molecule has 3 nitrogen and oxygen atoms in total. The number of hydrogen-bond acceptors (Lipinski definition) is 3. The third-order valence-corrected chi connectivity index (χ3v) is 6.28. The summed E-state index contributed by atoms with van der Waals surface area (Å²) < 4.78 is 26.1. The summed E-state index contributed by atoms with van der Waals surface area (Å²) in [5.74, 6) is 0. The molecule has 2 aliphatic rings. The first kappa shape index (κ1) is 13.6. The average molecular weight is 311 g/mol. The summed E-state index contributed by atoms with van der Waals surface area (Å²) in [6.07, 6.45) is 2.24. The second kappa shape index (κ2) is 4.99. The fraction of sp³-hybridized carbons (Fsp3) is 0.222. The lowest BCUT2D eigenvalue weighted by Crippen LogP contribution is -2.17. The first-order chi connectivity index (χ1) is 10.7. The minimum Gasteiger partial charge on any atom is -0.370 e. The van der Waals surface area contributed by atoms with Crippen LogP contribution < -0.4 is 0 Å². The summed E-state index contributed by atoms with van der Waals surface area (Å²) in [5.41, 5.74) is 2.52. The van der Waals surface area contributed by atoms with Crippen molar-refractivity contribution in [3.05, 3.63) is 65.7 Å². The van der Waals surface area contributed by atoms with Gasteiger partial charge >= 0.3 is 0 Å². The van der Waals surface area contributed by atoms with Crippen LogP contribution in [-0.2, 0) is 9.84 Å². The van der Waals surface area contributed by atoms with Gasteiger partial charge in [0, 0.05) is 18.7 Å². The SMILES string of the molecule is O=S1(=O)C(c2ccccc2)=C(N2CCCC2)c2ccccc21. The third-order valence-electron chi connectivity index (χ3n) is 4.37. The molecule has 1 saturated heterocycles. The van der Waals surface area contributed by atoms with Gasteiger partial charge in [-0.25, -0.2) is 8.42 Å². The molecule has 0 radical (unpaired) electrons. The maximum Gasteiger partial charge on any atom is 0.209 e. The van der Waals surface area contributed by atoms with E-state index in [4.69, 9.17) is 0 Å². The van der Waals surface area contributed by atoms with Gasteiger partial charge in [0.25, 0.3) is 0 Å². The van der Waals surface area contributed by atoms with Crippen molar-refractivity contribution in [3.8, 4) is 0 Å². The Bertz CT molecular complexity index is 848. The van der Waals surface area contributed by atoms with Crippen LogP contribution >= 0.6 is 0 Å². The monoisotopic (exact) mass is 311 g/mol. The number of rotatable bonds is 2. The molecule has 0 bridgehead atoms. The molecule has 2 aromatic rings. The lowest BCUT2D eigenvalue weighted by atomic mass is 10.1. The Kier molecular flexibility index (Phi) is 3.08. The summed E-state index contributed by atoms with van der Waals surface area (Å²) in [5, 5.41) is 0. The molecule has 0 aliphatic carbocycles. The van der Waals surface area contributed by atoms with E-state index in [9.17, 15) is 8.42 Å². The second-order valence-corrected chi connectivity index (χ2v) is 7.59. The highest BCUT2D eigenvalue weighted by Crippen LogP contribution is 2.46. The zero-order valence-electron chi connectivity index (χ0n) is 12.2. The van der Waals surface area contributed by atoms with E-state index in [1.54, 1.807) is 12.1 Å². The van der Waals surface area contributed by atoms with Crippen molar-refractivity contribution in [3.63, 3.8) is 0 Å². The van der Waals surface area contributed by atoms with Gasteiger partial charge in [0.15, 0.2) is 0 Å². The summed E-state index contributed by atoms with van der Waals surface area (Å²) in [7, 11) is -3.45. The predicted molar refractivity (Wildman–Crippen MR) is 87.7 cm³/mol. The molecule has 2 aromatic carbocycles. The maximum atomic E-state index is 13.1. The lowest BCUT2D eigenvalue weighted by Gasteiger charge is -2.21. The van der Waals surface area contributed by atoms with Gasteiger partial charge in [-0.05, 0) is 24.5 Å². The highest BCUT2D eigenvalue weighted by atomic mass is 32.2. The normalized spacial score (nSPS) is 19.5. The van der Waals surface area contributed by atoms with E-state index in [1.165, 1.54) is 0 Å². The molecule has 0 amide bonds. The van der Waals surface area contributed by atoms with E-state index in [0.717, 1.165) is 42.8 Å². The summed E-state index contributed by atoms with van der Waals surface area (Å²) in [4.78, 5) is 3.14. The summed E-state index contributed by atoms with van der Waals surface area (Å²) in [6.45, 7) is 1.85. The first-order valence-corrected chi connectivity index (χ1v) is 9.07. The Morgan fingerprint density at radius 2 is 1.45 bits per heavy atom. The van der Waals surface area contributed by atoms with Gasteiger partial charge in [0.1, 0.15) is 4.91 Å². The number of nitrogens with zero attached hydrogens (tertiary/aromatic N) is 1. The largest absolute Gasteiger partial charge is 0.370 e. The Labute approximate surface area is 130 Å². The van der Waals surface area contributed by atoms with Gasteiger partial charge in [-0.15, -0.1) is 0 Å². The van der Waals surface area contributed by atoms with Gasteiger partial charge in [0.05, 0.1) is 10.6 Å². The standard InChI is InChI=1S/C18H17NO2S/c20-22(21)16-11-5-4-10-15(16)17(19-12-6-7-13-19)18(22)14-8-2-1-3-9-14/h1-5,8-11H,6-7,12-13H2. The van der Waals surface area contributed by atoms with Gasteiger partial charge in [-0.2, -0.15) is 0 Å².